The van der Waals surface area contributed by atoms with Crippen molar-refractivity contribution in [2.75, 3.05) is 0 Å². The molecule has 0 unspecified atom stereocenters. The zero-order valence-corrected chi connectivity index (χ0v) is 17.6. The molecule has 0 bridgehead atoms. The van der Waals surface area contributed by atoms with Gasteiger partial charge in [0.2, 0.25) is 0 Å². The Morgan fingerprint density at radius 1 is 1.00 bits per heavy atom. The number of nitrogens with one attached hydrogen (secondary N) is 1. The maximum absolute atomic E-state index is 12.4. The molecule has 0 aliphatic carbocycles. The highest BCUT2D eigenvalue weighted by Gasteiger charge is 2.16. The summed E-state index contributed by atoms with van der Waals surface area (Å²) in [6.45, 7) is 0.304. The van der Waals surface area contributed by atoms with Crippen molar-refractivity contribution in [2.45, 2.75) is 13.0 Å². The minimum atomic E-state index is -0.477. The molecule has 31 heavy (non-hydrogen) atoms. The smallest absolute Gasteiger partial charge is 0.315 e. The van der Waals surface area contributed by atoms with Crippen LogP contribution in [-0.4, -0.2) is 26.1 Å². The van der Waals surface area contributed by atoms with Crippen LogP contribution in [0, 0.1) is 0 Å². The SMILES string of the molecule is O=C(NCc1cccc(-c2ccncc2)c1)c1nc(Cc2cc(Cl)c(O)c(Cl)c2)no1. The predicted octanol–water partition coefficient (Wildman–Crippen LogP) is 4.66. The first kappa shape index (κ1) is 20.8. The van der Waals surface area contributed by atoms with Gasteiger partial charge < -0.3 is 14.9 Å². The Morgan fingerprint density at radius 2 is 1.74 bits per heavy atom. The minimum Gasteiger partial charge on any atom is -0.505 e. The summed E-state index contributed by atoms with van der Waals surface area (Å²) < 4.78 is 5.07. The number of nitrogens with zero attached hydrogens (tertiary/aromatic N) is 3. The molecule has 2 heterocycles. The molecule has 1 amide bonds. The first-order valence-corrected chi connectivity index (χ1v) is 10.0. The average Bonchev–Trinajstić information content (AvgIpc) is 3.25. The largest absolute Gasteiger partial charge is 0.505 e. The fourth-order valence-electron chi connectivity index (χ4n) is 2.98. The molecular formula is C22H16Cl2N4O3. The highest BCUT2D eigenvalue weighted by molar-refractivity contribution is 6.37. The van der Waals surface area contributed by atoms with E-state index >= 15 is 0 Å². The molecule has 0 aliphatic heterocycles. The lowest BCUT2D eigenvalue weighted by atomic mass is 10.0. The number of phenols is 1. The second-order valence-corrected chi connectivity index (χ2v) is 7.53. The predicted molar refractivity (Wildman–Crippen MR) is 116 cm³/mol. The molecule has 0 aliphatic rings. The van der Waals surface area contributed by atoms with Crippen LogP contribution in [0.2, 0.25) is 10.0 Å². The van der Waals surface area contributed by atoms with Crippen molar-refractivity contribution in [1.29, 1.82) is 0 Å². The molecule has 0 saturated carbocycles. The number of hydrogen-bond donors (Lipinski definition) is 2. The fraction of sp³-hybridized carbons (Fsp3) is 0.0909. The number of carbonyl (C=O) groups excluding carboxylic acids is 1. The maximum atomic E-state index is 12.4. The summed E-state index contributed by atoms with van der Waals surface area (Å²) in [6.07, 6.45) is 3.71. The van der Waals surface area contributed by atoms with Gasteiger partial charge >= 0.3 is 11.8 Å². The van der Waals surface area contributed by atoms with Gasteiger partial charge in [0.1, 0.15) is 0 Å². The number of carbonyl (C=O) groups is 1. The van der Waals surface area contributed by atoms with E-state index in [0.29, 0.717) is 17.9 Å². The van der Waals surface area contributed by atoms with Gasteiger partial charge in [-0.1, -0.05) is 46.6 Å². The Bertz CT molecular complexity index is 1210. The van der Waals surface area contributed by atoms with Gasteiger partial charge in [0.05, 0.1) is 10.0 Å². The summed E-state index contributed by atoms with van der Waals surface area (Å²) in [6, 6.07) is 14.8. The Hall–Kier alpha value is -3.42. The van der Waals surface area contributed by atoms with Crippen molar-refractivity contribution in [2.24, 2.45) is 0 Å². The maximum Gasteiger partial charge on any atom is 0.315 e. The second kappa shape index (κ2) is 9.16. The number of benzene rings is 2. The third kappa shape index (κ3) is 5.02. The van der Waals surface area contributed by atoms with Crippen molar-refractivity contribution in [1.82, 2.24) is 20.4 Å². The van der Waals surface area contributed by atoms with Crippen LogP contribution >= 0.6 is 23.2 Å². The average molecular weight is 455 g/mol. The number of rotatable bonds is 6. The molecule has 2 aromatic carbocycles. The summed E-state index contributed by atoms with van der Waals surface area (Å²) in [7, 11) is 0. The van der Waals surface area contributed by atoms with Gasteiger partial charge in [0, 0.05) is 25.4 Å². The summed E-state index contributed by atoms with van der Waals surface area (Å²) in [5.74, 6) is -0.512. The Labute approximate surface area is 187 Å². The van der Waals surface area contributed by atoms with E-state index in [2.05, 4.69) is 20.4 Å². The Morgan fingerprint density at radius 3 is 2.48 bits per heavy atom. The molecule has 156 valence electrons. The Balaban J connectivity index is 1.40. The van der Waals surface area contributed by atoms with Gasteiger partial charge in [0.15, 0.2) is 11.6 Å². The lowest BCUT2D eigenvalue weighted by Gasteiger charge is -2.06. The minimum absolute atomic E-state index is 0.123. The van der Waals surface area contributed by atoms with E-state index in [1.165, 1.54) is 0 Å². The van der Waals surface area contributed by atoms with Crippen molar-refractivity contribution in [3.05, 3.63) is 93.8 Å². The highest BCUT2D eigenvalue weighted by atomic mass is 35.5. The standard InChI is InChI=1S/C22H16Cl2N4O3/c23-17-9-14(10-18(24)20(17)29)11-19-27-22(31-28-19)21(30)26-12-13-2-1-3-16(8-13)15-4-6-25-7-5-15/h1-10,29H,11-12H2,(H,26,30). The van der Waals surface area contributed by atoms with E-state index in [9.17, 15) is 9.90 Å². The van der Waals surface area contributed by atoms with E-state index in [-0.39, 0.29) is 28.1 Å². The third-order valence-corrected chi connectivity index (χ3v) is 5.07. The summed E-state index contributed by atoms with van der Waals surface area (Å²) in [4.78, 5) is 20.5. The Kier molecular flexibility index (Phi) is 6.16. The van der Waals surface area contributed by atoms with E-state index in [1.807, 2.05) is 36.4 Å². The number of phenolic OH excluding ortho intramolecular Hbond substituents is 1. The molecule has 0 spiro atoms. The van der Waals surface area contributed by atoms with Crippen LogP contribution in [0.15, 0.2) is 65.4 Å². The normalized spacial score (nSPS) is 10.8. The van der Waals surface area contributed by atoms with Gasteiger partial charge in [-0.25, -0.2) is 0 Å². The van der Waals surface area contributed by atoms with E-state index in [1.54, 1.807) is 24.5 Å². The van der Waals surface area contributed by atoms with Crippen LogP contribution in [0.3, 0.4) is 0 Å². The zero-order chi connectivity index (χ0) is 21.8. The number of aromatic nitrogens is 3. The van der Waals surface area contributed by atoms with Gasteiger partial charge in [0.25, 0.3) is 0 Å². The van der Waals surface area contributed by atoms with Crippen LogP contribution in [-0.2, 0) is 13.0 Å². The monoisotopic (exact) mass is 454 g/mol. The van der Waals surface area contributed by atoms with Crippen molar-refractivity contribution in [3.8, 4) is 16.9 Å². The zero-order valence-electron chi connectivity index (χ0n) is 16.0. The quantitative estimate of drug-likeness (QED) is 0.439. The molecule has 0 atom stereocenters. The summed E-state index contributed by atoms with van der Waals surface area (Å²) in [5, 5.41) is 16.5. The lowest BCUT2D eigenvalue weighted by molar-refractivity contribution is 0.0907. The number of amides is 1. The van der Waals surface area contributed by atoms with Crippen molar-refractivity contribution in [3.63, 3.8) is 0 Å². The van der Waals surface area contributed by atoms with Crippen molar-refractivity contribution < 1.29 is 14.4 Å². The molecule has 9 heteroatoms. The molecule has 2 aromatic heterocycles. The molecule has 2 N–H and O–H groups in total. The molecule has 0 saturated heterocycles. The molecular weight excluding hydrogens is 439 g/mol. The number of pyridine rings is 1. The first-order chi connectivity index (χ1) is 15.0. The summed E-state index contributed by atoms with van der Waals surface area (Å²) in [5.41, 5.74) is 3.67. The number of hydrogen-bond acceptors (Lipinski definition) is 6. The van der Waals surface area contributed by atoms with Gasteiger partial charge in [-0.2, -0.15) is 4.98 Å². The van der Waals surface area contributed by atoms with E-state index in [0.717, 1.165) is 16.7 Å². The van der Waals surface area contributed by atoms with Gasteiger partial charge in [-0.05, 0) is 52.6 Å². The van der Waals surface area contributed by atoms with Crippen LogP contribution in [0.5, 0.6) is 5.75 Å². The summed E-state index contributed by atoms with van der Waals surface area (Å²) >= 11 is 11.8. The van der Waals surface area contributed by atoms with E-state index < -0.39 is 5.91 Å². The number of aromatic hydroxyl groups is 1. The molecule has 0 radical (unpaired) electrons. The molecule has 4 aromatic rings. The highest BCUT2D eigenvalue weighted by Crippen LogP contribution is 2.33. The molecule has 7 nitrogen and oxygen atoms in total. The van der Waals surface area contributed by atoms with Crippen LogP contribution < -0.4 is 5.32 Å². The van der Waals surface area contributed by atoms with E-state index in [4.69, 9.17) is 27.7 Å². The van der Waals surface area contributed by atoms with Crippen LogP contribution in [0.4, 0.5) is 0 Å². The van der Waals surface area contributed by atoms with Crippen LogP contribution in [0.25, 0.3) is 11.1 Å². The number of halogens is 2. The van der Waals surface area contributed by atoms with Crippen molar-refractivity contribution >= 4 is 29.1 Å². The first-order valence-electron chi connectivity index (χ1n) is 9.26. The van der Waals surface area contributed by atoms with Crippen LogP contribution in [0.1, 0.15) is 27.6 Å². The molecule has 0 fully saturated rings. The fourth-order valence-corrected chi connectivity index (χ4v) is 3.52. The topological polar surface area (TPSA) is 101 Å². The molecule has 4 rings (SSSR count). The van der Waals surface area contributed by atoms with Gasteiger partial charge in [-0.15, -0.1) is 0 Å². The van der Waals surface area contributed by atoms with Gasteiger partial charge in [-0.3, -0.25) is 9.78 Å². The third-order valence-electron chi connectivity index (χ3n) is 4.49. The second-order valence-electron chi connectivity index (χ2n) is 6.72. The lowest BCUT2D eigenvalue weighted by Crippen LogP contribution is -2.23.